The molecule has 1 unspecified atom stereocenters. The van der Waals surface area contributed by atoms with Crippen LogP contribution in [0.4, 0.5) is 4.79 Å². The first kappa shape index (κ1) is 22.1. The van der Waals surface area contributed by atoms with Crippen molar-refractivity contribution in [2.45, 2.75) is 64.9 Å². The highest BCUT2D eigenvalue weighted by atomic mass is 32.2. The molecular weight excluding hydrogens is 376 g/mol. The van der Waals surface area contributed by atoms with Gasteiger partial charge in [-0.15, -0.1) is 0 Å². The summed E-state index contributed by atoms with van der Waals surface area (Å²) in [4.78, 5) is 20.9. The number of fused-ring (bicyclic) bond motifs is 1. The Kier molecular flexibility index (Phi) is 6.67. The molecule has 1 amide bonds. The fourth-order valence-electron chi connectivity index (χ4n) is 2.25. The minimum absolute atomic E-state index is 0.458. The third-order valence-electron chi connectivity index (χ3n) is 3.60. The van der Waals surface area contributed by atoms with E-state index in [-0.39, 0.29) is 0 Å². The van der Waals surface area contributed by atoms with Gasteiger partial charge in [-0.25, -0.2) is 4.79 Å². The Bertz CT molecular complexity index is 872. The van der Waals surface area contributed by atoms with Crippen molar-refractivity contribution in [3.05, 3.63) is 36.2 Å². The number of amides is 1. The zero-order valence-corrected chi connectivity index (χ0v) is 18.3. The standard InChI is InChI=1S/C20H28N4O3S/c1-13(23-18(25)27-19(2,3)4)17(24-28(26)20(5,6)7)14-11-16-15(22-12-14)9-8-10-21-16/h8-13H,1-7H3,(H,23,25)/t13-,28?/m0/s1. The molecule has 2 aromatic rings. The summed E-state index contributed by atoms with van der Waals surface area (Å²) in [7, 11) is 0. The Morgan fingerprint density at radius 3 is 2.50 bits per heavy atom. The van der Waals surface area contributed by atoms with Crippen LogP contribution < -0.4 is 5.32 Å². The first-order valence-corrected chi connectivity index (χ1v) is 10.2. The summed E-state index contributed by atoms with van der Waals surface area (Å²) in [5.41, 5.74) is 1.92. The smallest absolute Gasteiger partial charge is 0.408 e. The van der Waals surface area contributed by atoms with Crippen molar-refractivity contribution in [3.63, 3.8) is 0 Å². The predicted molar refractivity (Wildman–Crippen MR) is 113 cm³/mol. The van der Waals surface area contributed by atoms with Gasteiger partial charge in [-0.05, 0) is 66.7 Å². The van der Waals surface area contributed by atoms with E-state index in [1.165, 1.54) is 0 Å². The second-order valence-corrected chi connectivity index (χ2v) is 10.4. The number of ether oxygens (including phenoxy) is 1. The molecule has 28 heavy (non-hydrogen) atoms. The predicted octanol–water partition coefficient (Wildman–Crippen LogP) is 3.79. The molecule has 0 fully saturated rings. The average Bonchev–Trinajstić information content (AvgIpc) is 2.56. The number of nitrogens with one attached hydrogen (secondary N) is 1. The number of carbonyl (C=O) groups excluding carboxylic acids is 1. The molecule has 152 valence electrons. The number of aromatic nitrogens is 2. The van der Waals surface area contributed by atoms with E-state index in [4.69, 9.17) is 4.74 Å². The molecule has 2 rings (SSSR count). The van der Waals surface area contributed by atoms with E-state index >= 15 is 0 Å². The Hall–Kier alpha value is -2.19. The van der Waals surface area contributed by atoms with E-state index in [0.29, 0.717) is 16.8 Å². The molecule has 0 saturated carbocycles. The average molecular weight is 405 g/mol. The maximum absolute atomic E-state index is 12.7. The van der Waals surface area contributed by atoms with Gasteiger partial charge in [0.2, 0.25) is 0 Å². The Labute approximate surface area is 169 Å². The fourth-order valence-corrected chi connectivity index (χ4v) is 2.97. The van der Waals surface area contributed by atoms with Crippen LogP contribution in [0.1, 0.15) is 54.0 Å². The molecule has 0 aliphatic carbocycles. The molecule has 2 atom stereocenters. The van der Waals surface area contributed by atoms with Crippen molar-refractivity contribution in [1.82, 2.24) is 15.3 Å². The molecular formula is C20H28N4O3S. The topological polar surface area (TPSA) is 99.5 Å². The maximum atomic E-state index is 12.7. The quantitative estimate of drug-likeness (QED) is 0.617. The third kappa shape index (κ3) is 6.17. The van der Waals surface area contributed by atoms with E-state index in [0.717, 1.165) is 5.52 Å². The molecule has 2 aromatic heterocycles. The number of hydrogen-bond donors (Lipinski definition) is 1. The lowest BCUT2D eigenvalue weighted by Crippen LogP contribution is -2.43. The molecule has 8 heteroatoms. The highest BCUT2D eigenvalue weighted by molar-refractivity contribution is 7.91. The fraction of sp³-hybridized carbons (Fsp3) is 0.500. The Morgan fingerprint density at radius 1 is 1.21 bits per heavy atom. The number of nitrogens with zero attached hydrogens (tertiary/aromatic N) is 3. The van der Waals surface area contributed by atoms with Crippen LogP contribution in [0.2, 0.25) is 0 Å². The molecule has 0 saturated heterocycles. The van der Waals surface area contributed by atoms with E-state index in [1.807, 2.05) is 39.0 Å². The number of carbonyl (C=O) groups is 1. The van der Waals surface area contributed by atoms with Gasteiger partial charge < -0.3 is 14.6 Å². The number of alkyl carbamates (subject to hydrolysis) is 1. The van der Waals surface area contributed by atoms with Crippen LogP contribution in [-0.4, -0.2) is 42.7 Å². The largest absolute Gasteiger partial charge is 0.591 e. The molecule has 7 nitrogen and oxygen atoms in total. The van der Waals surface area contributed by atoms with E-state index < -0.39 is 33.8 Å². The van der Waals surface area contributed by atoms with Crippen LogP contribution in [0.15, 0.2) is 35.0 Å². The van der Waals surface area contributed by atoms with Gasteiger partial charge in [0.15, 0.2) is 0 Å². The molecule has 2 heterocycles. The van der Waals surface area contributed by atoms with Crippen molar-refractivity contribution in [3.8, 4) is 0 Å². The van der Waals surface area contributed by atoms with Crippen molar-refractivity contribution in [2.75, 3.05) is 0 Å². The lowest BCUT2D eigenvalue weighted by molar-refractivity contribution is 0.0521. The first-order chi connectivity index (χ1) is 12.9. The van der Waals surface area contributed by atoms with Gasteiger partial charge in [-0.2, -0.15) is 0 Å². The summed E-state index contributed by atoms with van der Waals surface area (Å²) in [5, 5.41) is 2.77. The Balaban J connectivity index is 2.41. The summed E-state index contributed by atoms with van der Waals surface area (Å²) >= 11 is -1.51. The van der Waals surface area contributed by atoms with Gasteiger partial charge >= 0.3 is 6.09 Å². The lowest BCUT2D eigenvalue weighted by Gasteiger charge is -2.24. The van der Waals surface area contributed by atoms with Gasteiger partial charge in [0.25, 0.3) is 0 Å². The summed E-state index contributed by atoms with van der Waals surface area (Å²) in [5.74, 6) is 0. The zero-order valence-electron chi connectivity index (χ0n) is 17.4. The highest BCUT2D eigenvalue weighted by Gasteiger charge is 2.30. The normalized spacial score (nSPS) is 15.2. The van der Waals surface area contributed by atoms with Crippen LogP contribution in [0, 0.1) is 0 Å². The molecule has 0 bridgehead atoms. The summed E-state index contributed by atoms with van der Waals surface area (Å²) in [6.45, 7) is 12.7. The molecule has 0 radical (unpaired) electrons. The molecule has 0 aromatic carbocycles. The second-order valence-electron chi connectivity index (χ2n) is 8.47. The van der Waals surface area contributed by atoms with Crippen molar-refractivity contribution in [1.29, 1.82) is 0 Å². The molecule has 1 N–H and O–H groups in total. The minimum Gasteiger partial charge on any atom is -0.591 e. The zero-order chi connectivity index (χ0) is 21.1. The van der Waals surface area contributed by atoms with E-state index in [1.54, 1.807) is 40.1 Å². The van der Waals surface area contributed by atoms with Gasteiger partial charge in [0.05, 0.1) is 17.1 Å². The van der Waals surface area contributed by atoms with Crippen LogP contribution in [0.5, 0.6) is 0 Å². The van der Waals surface area contributed by atoms with Crippen molar-refractivity contribution in [2.24, 2.45) is 4.40 Å². The Morgan fingerprint density at radius 2 is 1.89 bits per heavy atom. The lowest BCUT2D eigenvalue weighted by atomic mass is 10.1. The van der Waals surface area contributed by atoms with Crippen LogP contribution in [-0.2, 0) is 16.1 Å². The number of pyridine rings is 2. The second kappa shape index (κ2) is 8.45. The molecule has 0 aliphatic rings. The SMILES string of the molecule is C[C@H](NC(=O)OC(C)(C)C)C(=N[S+]([O-])C(C)(C)C)c1cnc2cccnc2c1. The van der Waals surface area contributed by atoms with Gasteiger partial charge in [-0.1, -0.05) is 4.40 Å². The van der Waals surface area contributed by atoms with Gasteiger partial charge in [-0.3, -0.25) is 9.97 Å². The van der Waals surface area contributed by atoms with Crippen LogP contribution in [0.25, 0.3) is 11.0 Å². The molecule has 0 aliphatic heterocycles. The van der Waals surface area contributed by atoms with Gasteiger partial charge in [0, 0.05) is 18.0 Å². The van der Waals surface area contributed by atoms with Gasteiger partial charge in [0.1, 0.15) is 27.4 Å². The van der Waals surface area contributed by atoms with Crippen molar-refractivity contribution >= 4 is 34.2 Å². The summed E-state index contributed by atoms with van der Waals surface area (Å²) < 4.78 is 21.9. The van der Waals surface area contributed by atoms with E-state index in [2.05, 4.69) is 19.7 Å². The first-order valence-electron chi connectivity index (χ1n) is 9.08. The van der Waals surface area contributed by atoms with Crippen molar-refractivity contribution < 1.29 is 14.1 Å². The third-order valence-corrected chi connectivity index (χ3v) is 5.01. The van der Waals surface area contributed by atoms with Crippen LogP contribution >= 0.6 is 0 Å². The number of hydrogen-bond acceptors (Lipinski definition) is 6. The summed E-state index contributed by atoms with van der Waals surface area (Å²) in [6, 6.07) is 4.96. The highest BCUT2D eigenvalue weighted by Crippen LogP contribution is 2.20. The summed E-state index contributed by atoms with van der Waals surface area (Å²) in [6.07, 6.45) is 2.76. The molecule has 0 spiro atoms. The maximum Gasteiger partial charge on any atom is 0.408 e. The number of rotatable bonds is 4. The minimum atomic E-state index is -1.51. The van der Waals surface area contributed by atoms with E-state index in [9.17, 15) is 9.35 Å². The monoisotopic (exact) mass is 404 g/mol. The van der Waals surface area contributed by atoms with Crippen LogP contribution in [0.3, 0.4) is 0 Å².